The van der Waals surface area contributed by atoms with E-state index in [0.29, 0.717) is 24.1 Å². The number of phenols is 1. The molecular weight excluding hydrogens is 622 g/mol. The fraction of sp³-hybridized carbons (Fsp3) is 0.105. The smallest absolute Gasteiger partial charge is 0.294 e. The number of nitrogens with zero attached hydrogens (tertiary/aromatic N) is 1. The van der Waals surface area contributed by atoms with Crippen LogP contribution in [-0.4, -0.2) is 40.7 Å². The molecule has 0 aliphatic carbocycles. The normalized spacial score (nSPS) is 15.1. The highest BCUT2D eigenvalue weighted by atomic mass is 127. The maximum Gasteiger partial charge on any atom is 0.294 e. The number of ether oxygens (including phenoxy) is 1. The molecule has 10 heteroatoms. The Bertz CT molecular complexity index is 1020. The van der Waals surface area contributed by atoms with Crippen LogP contribution < -0.4 is 10.1 Å². The first-order chi connectivity index (χ1) is 13.8. The maximum atomic E-state index is 12.6. The summed E-state index contributed by atoms with van der Waals surface area (Å²) in [7, 11) is 1.48. The van der Waals surface area contributed by atoms with Crippen LogP contribution in [0, 0.1) is 7.14 Å². The van der Waals surface area contributed by atoms with E-state index in [4.69, 9.17) is 4.74 Å². The Morgan fingerprint density at radius 3 is 2.55 bits per heavy atom. The highest BCUT2D eigenvalue weighted by Crippen LogP contribution is 2.34. The van der Waals surface area contributed by atoms with Crippen molar-refractivity contribution < 1.29 is 24.2 Å². The second-order valence-corrected chi connectivity index (χ2v) is 9.17. The van der Waals surface area contributed by atoms with Gasteiger partial charge in [-0.2, -0.15) is 0 Å². The van der Waals surface area contributed by atoms with E-state index >= 15 is 0 Å². The molecule has 3 amide bonds. The molecule has 3 rings (SSSR count). The topological polar surface area (TPSA) is 95.9 Å². The second kappa shape index (κ2) is 9.34. The average molecular weight is 636 g/mol. The number of para-hydroxylation sites is 2. The number of anilines is 1. The fourth-order valence-electron chi connectivity index (χ4n) is 2.54. The molecule has 29 heavy (non-hydrogen) atoms. The van der Waals surface area contributed by atoms with Gasteiger partial charge in [-0.1, -0.05) is 12.1 Å². The first-order valence-electron chi connectivity index (χ1n) is 8.16. The zero-order chi connectivity index (χ0) is 21.1. The van der Waals surface area contributed by atoms with Crippen LogP contribution >= 0.6 is 56.9 Å². The molecule has 1 saturated heterocycles. The van der Waals surface area contributed by atoms with E-state index in [1.54, 1.807) is 42.5 Å². The Hall–Kier alpha value is -1.80. The van der Waals surface area contributed by atoms with Crippen molar-refractivity contribution >= 4 is 85.8 Å². The van der Waals surface area contributed by atoms with E-state index in [1.165, 1.54) is 7.11 Å². The van der Waals surface area contributed by atoms with E-state index in [1.807, 2.05) is 45.2 Å². The third-order valence-electron chi connectivity index (χ3n) is 3.89. The fourth-order valence-corrected chi connectivity index (χ4v) is 5.19. The Balaban J connectivity index is 1.74. The SMILES string of the molecule is COc1ccccc1NC(=O)CN1C(=O)S/C(=C/c2cc(I)c(O)c(I)c2)C1=O. The predicted molar refractivity (Wildman–Crippen MR) is 128 cm³/mol. The number of benzene rings is 2. The monoisotopic (exact) mass is 636 g/mol. The lowest BCUT2D eigenvalue weighted by atomic mass is 10.2. The van der Waals surface area contributed by atoms with Gasteiger partial charge in [0.2, 0.25) is 5.91 Å². The van der Waals surface area contributed by atoms with Crippen LogP contribution in [0.5, 0.6) is 11.5 Å². The van der Waals surface area contributed by atoms with Gasteiger partial charge in [-0.3, -0.25) is 19.3 Å². The molecule has 2 N–H and O–H groups in total. The summed E-state index contributed by atoms with van der Waals surface area (Å²) in [6.45, 7) is -0.398. The van der Waals surface area contributed by atoms with Gasteiger partial charge < -0.3 is 15.2 Å². The Labute approximate surface area is 198 Å². The molecular formula is C19H14I2N2O5S. The molecule has 1 aliphatic rings. The molecule has 2 aromatic carbocycles. The summed E-state index contributed by atoms with van der Waals surface area (Å²) < 4.78 is 6.45. The number of rotatable bonds is 5. The number of carbonyl (C=O) groups excluding carboxylic acids is 3. The number of imide groups is 1. The molecule has 0 atom stereocenters. The molecule has 0 radical (unpaired) electrons. The lowest BCUT2D eigenvalue weighted by molar-refractivity contribution is -0.127. The molecule has 0 aromatic heterocycles. The number of thioether (sulfide) groups is 1. The van der Waals surface area contributed by atoms with Crippen molar-refractivity contribution in [1.82, 2.24) is 4.90 Å². The summed E-state index contributed by atoms with van der Waals surface area (Å²) in [5.74, 6) is -0.393. The number of hydrogen-bond donors (Lipinski definition) is 2. The zero-order valence-electron chi connectivity index (χ0n) is 14.9. The Morgan fingerprint density at radius 2 is 1.90 bits per heavy atom. The van der Waals surface area contributed by atoms with Crippen molar-refractivity contribution in [3.63, 3.8) is 0 Å². The number of aromatic hydroxyl groups is 1. The van der Waals surface area contributed by atoms with Gasteiger partial charge in [0.25, 0.3) is 11.1 Å². The first-order valence-corrected chi connectivity index (χ1v) is 11.1. The number of methoxy groups -OCH3 is 1. The number of hydrogen-bond acceptors (Lipinski definition) is 6. The van der Waals surface area contributed by atoms with Gasteiger partial charge in [-0.05, 0) is 92.8 Å². The minimum atomic E-state index is -0.534. The van der Waals surface area contributed by atoms with Crippen molar-refractivity contribution in [3.8, 4) is 11.5 Å². The molecule has 7 nitrogen and oxygen atoms in total. The average Bonchev–Trinajstić information content (AvgIpc) is 2.93. The quantitative estimate of drug-likeness (QED) is 0.376. The van der Waals surface area contributed by atoms with Crippen LogP contribution in [0.2, 0.25) is 0 Å². The molecule has 0 unspecified atom stereocenters. The highest BCUT2D eigenvalue weighted by molar-refractivity contribution is 14.1. The maximum absolute atomic E-state index is 12.6. The summed E-state index contributed by atoms with van der Waals surface area (Å²) >= 11 is 4.76. The minimum Gasteiger partial charge on any atom is -0.506 e. The first kappa shape index (κ1) is 21.9. The Morgan fingerprint density at radius 1 is 1.24 bits per heavy atom. The highest BCUT2D eigenvalue weighted by Gasteiger charge is 2.36. The van der Waals surface area contributed by atoms with Gasteiger partial charge in [0.1, 0.15) is 18.0 Å². The van der Waals surface area contributed by atoms with Crippen molar-refractivity contribution in [2.75, 3.05) is 19.0 Å². The van der Waals surface area contributed by atoms with E-state index in [0.717, 1.165) is 16.7 Å². The summed E-state index contributed by atoms with van der Waals surface area (Å²) in [6, 6.07) is 10.3. The van der Waals surface area contributed by atoms with Gasteiger partial charge in [-0.15, -0.1) is 0 Å². The molecule has 0 bridgehead atoms. The van der Waals surface area contributed by atoms with Gasteiger partial charge in [-0.25, -0.2) is 0 Å². The zero-order valence-corrected chi connectivity index (χ0v) is 20.1. The van der Waals surface area contributed by atoms with Gasteiger partial charge in [0, 0.05) is 0 Å². The van der Waals surface area contributed by atoms with Crippen molar-refractivity contribution in [3.05, 3.63) is 54.0 Å². The van der Waals surface area contributed by atoms with Gasteiger partial charge >= 0.3 is 0 Å². The van der Waals surface area contributed by atoms with Crippen LogP contribution in [0.3, 0.4) is 0 Å². The largest absolute Gasteiger partial charge is 0.506 e. The van der Waals surface area contributed by atoms with Crippen molar-refractivity contribution in [1.29, 1.82) is 0 Å². The molecule has 2 aromatic rings. The minimum absolute atomic E-state index is 0.171. The summed E-state index contributed by atoms with van der Waals surface area (Å²) in [5, 5.41) is 12.0. The van der Waals surface area contributed by atoms with Crippen molar-refractivity contribution in [2.45, 2.75) is 0 Å². The standard InChI is InChI=1S/C19H14I2N2O5S/c1-28-14-5-3-2-4-13(14)22-16(24)9-23-18(26)15(29-19(23)27)8-10-6-11(20)17(25)12(21)7-10/h2-8,25H,9H2,1H3,(H,22,24)/b15-8+. The molecule has 1 heterocycles. The van der Waals surface area contributed by atoms with Crippen LogP contribution in [0.4, 0.5) is 10.5 Å². The summed E-state index contributed by atoms with van der Waals surface area (Å²) in [5.41, 5.74) is 1.14. The van der Waals surface area contributed by atoms with Crippen LogP contribution in [-0.2, 0) is 9.59 Å². The third kappa shape index (κ3) is 5.04. The van der Waals surface area contributed by atoms with E-state index < -0.39 is 23.6 Å². The van der Waals surface area contributed by atoms with Crippen molar-refractivity contribution in [2.24, 2.45) is 0 Å². The van der Waals surface area contributed by atoms with Gasteiger partial charge in [0.15, 0.2) is 0 Å². The van der Waals surface area contributed by atoms with E-state index in [9.17, 15) is 19.5 Å². The molecule has 1 aliphatic heterocycles. The molecule has 1 fully saturated rings. The van der Waals surface area contributed by atoms with Crippen LogP contribution in [0.25, 0.3) is 6.08 Å². The number of amides is 3. The Kier molecular flexibility index (Phi) is 7.05. The number of carbonyl (C=O) groups is 3. The lowest BCUT2D eigenvalue weighted by Gasteiger charge is -2.14. The molecule has 150 valence electrons. The number of nitrogens with one attached hydrogen (secondary N) is 1. The summed E-state index contributed by atoms with van der Waals surface area (Å²) in [6.07, 6.45) is 1.58. The molecule has 0 spiro atoms. The lowest BCUT2D eigenvalue weighted by Crippen LogP contribution is -2.36. The van der Waals surface area contributed by atoms with E-state index in [-0.39, 0.29) is 10.7 Å². The predicted octanol–water partition coefficient (Wildman–Crippen LogP) is 4.29. The van der Waals surface area contributed by atoms with E-state index in [2.05, 4.69) is 5.32 Å². The van der Waals surface area contributed by atoms with Gasteiger partial charge in [0.05, 0.1) is 24.8 Å². The number of halogens is 2. The number of phenolic OH excluding ortho intramolecular Hbond substituents is 1. The van der Waals surface area contributed by atoms with Crippen LogP contribution in [0.1, 0.15) is 5.56 Å². The third-order valence-corrected chi connectivity index (χ3v) is 6.45. The second-order valence-electron chi connectivity index (χ2n) is 5.85. The molecule has 0 saturated carbocycles. The summed E-state index contributed by atoms with van der Waals surface area (Å²) in [4.78, 5) is 38.4. The van der Waals surface area contributed by atoms with Crippen LogP contribution in [0.15, 0.2) is 41.3 Å².